The molecule has 0 aliphatic carbocycles. The lowest BCUT2D eigenvalue weighted by Crippen LogP contribution is -2.30. The van der Waals surface area contributed by atoms with Crippen LogP contribution in [0.4, 0.5) is 0 Å². The van der Waals surface area contributed by atoms with Crippen LogP contribution in [0.25, 0.3) is 0 Å². The lowest BCUT2D eigenvalue weighted by molar-refractivity contribution is 0.425. The molecule has 13 heavy (non-hydrogen) atoms. The summed E-state index contributed by atoms with van der Waals surface area (Å²) in [6.07, 6.45) is 2.16. The van der Waals surface area contributed by atoms with E-state index in [1.165, 1.54) is 5.56 Å². The quantitative estimate of drug-likeness (QED) is 0.666. The molecule has 0 saturated heterocycles. The Morgan fingerprint density at radius 1 is 1.31 bits per heavy atom. The van der Waals surface area contributed by atoms with Gasteiger partial charge in [-0.15, -0.1) is 0 Å². The van der Waals surface area contributed by atoms with Gasteiger partial charge in [0, 0.05) is 0 Å². The molecule has 0 radical (unpaired) electrons. The van der Waals surface area contributed by atoms with Crippen LogP contribution in [-0.4, -0.2) is 17.2 Å². The maximum atomic E-state index is 8.92. The van der Waals surface area contributed by atoms with Crippen LogP contribution >= 0.6 is 0 Å². The average molecular weight is 178 g/mol. The first-order valence-electron chi connectivity index (χ1n) is 4.60. The number of hydrogen-bond donors (Lipinski definition) is 2. The topological polar surface area (TPSA) is 40.5 Å². The van der Waals surface area contributed by atoms with Crippen molar-refractivity contribution in [3.05, 3.63) is 29.3 Å². The molecule has 0 aliphatic rings. The van der Waals surface area contributed by atoms with E-state index in [1.807, 2.05) is 19.1 Å². The van der Waals surface area contributed by atoms with Crippen LogP contribution in [0.3, 0.4) is 0 Å². The third-order valence-electron chi connectivity index (χ3n) is 2.18. The zero-order valence-electron chi connectivity index (χ0n) is 8.12. The summed E-state index contributed by atoms with van der Waals surface area (Å²) in [6, 6.07) is 5.56. The molecule has 2 N–H and O–H groups in total. The summed E-state index contributed by atoms with van der Waals surface area (Å²) in [5, 5.41) is 17.8. The molecular formula is C10H15BO2. The molecule has 0 heterocycles. The van der Waals surface area contributed by atoms with Crippen LogP contribution in [-0.2, 0) is 6.42 Å². The van der Waals surface area contributed by atoms with Crippen molar-refractivity contribution in [3.8, 4) is 0 Å². The summed E-state index contributed by atoms with van der Waals surface area (Å²) in [4.78, 5) is 0. The van der Waals surface area contributed by atoms with E-state index in [9.17, 15) is 0 Å². The highest BCUT2D eigenvalue weighted by molar-refractivity contribution is 6.58. The third kappa shape index (κ3) is 2.57. The first-order chi connectivity index (χ1) is 6.15. The lowest BCUT2D eigenvalue weighted by Gasteiger charge is -2.06. The zero-order valence-corrected chi connectivity index (χ0v) is 8.12. The highest BCUT2D eigenvalue weighted by atomic mass is 16.4. The Labute approximate surface area is 79.4 Å². The molecule has 1 aromatic rings. The van der Waals surface area contributed by atoms with E-state index in [-0.39, 0.29) is 0 Å². The van der Waals surface area contributed by atoms with Crippen LogP contribution in [0.1, 0.15) is 24.5 Å². The van der Waals surface area contributed by atoms with Gasteiger partial charge in [-0.05, 0) is 29.9 Å². The molecule has 0 spiro atoms. The van der Waals surface area contributed by atoms with Crippen LogP contribution in [0.2, 0.25) is 0 Å². The third-order valence-corrected chi connectivity index (χ3v) is 2.18. The van der Waals surface area contributed by atoms with Gasteiger partial charge in [0.2, 0.25) is 0 Å². The molecule has 1 rings (SSSR count). The van der Waals surface area contributed by atoms with Crippen molar-refractivity contribution in [1.82, 2.24) is 0 Å². The first-order valence-corrected chi connectivity index (χ1v) is 4.60. The van der Waals surface area contributed by atoms with Gasteiger partial charge in [-0.1, -0.05) is 31.5 Å². The van der Waals surface area contributed by atoms with E-state index in [0.29, 0.717) is 5.46 Å². The maximum absolute atomic E-state index is 8.92. The van der Waals surface area contributed by atoms with Crippen molar-refractivity contribution in [1.29, 1.82) is 0 Å². The minimum atomic E-state index is -1.35. The molecule has 0 aliphatic heterocycles. The summed E-state index contributed by atoms with van der Waals surface area (Å²) in [6.45, 7) is 4.13. The molecule has 0 amide bonds. The lowest BCUT2D eigenvalue weighted by atomic mass is 9.79. The van der Waals surface area contributed by atoms with Gasteiger partial charge < -0.3 is 10.0 Å². The molecule has 0 aromatic heterocycles. The minimum Gasteiger partial charge on any atom is -0.423 e. The molecule has 3 heteroatoms. The normalized spacial score (nSPS) is 10.2. The Bertz CT molecular complexity index is 284. The fourth-order valence-corrected chi connectivity index (χ4v) is 1.43. The van der Waals surface area contributed by atoms with E-state index in [1.54, 1.807) is 6.07 Å². The Kier molecular flexibility index (Phi) is 3.52. The minimum absolute atomic E-state index is 0.567. The van der Waals surface area contributed by atoms with E-state index in [0.717, 1.165) is 18.4 Å². The van der Waals surface area contributed by atoms with Gasteiger partial charge in [-0.3, -0.25) is 0 Å². The average Bonchev–Trinajstić information content (AvgIpc) is 2.08. The van der Waals surface area contributed by atoms with Gasteiger partial charge in [-0.2, -0.15) is 0 Å². The summed E-state index contributed by atoms with van der Waals surface area (Å²) in [5.41, 5.74) is 2.98. The first kappa shape index (κ1) is 10.3. The molecule has 0 bridgehead atoms. The number of rotatable bonds is 3. The molecular weight excluding hydrogens is 163 g/mol. The van der Waals surface area contributed by atoms with E-state index in [2.05, 4.69) is 6.92 Å². The monoisotopic (exact) mass is 178 g/mol. The summed E-state index contributed by atoms with van der Waals surface area (Å²) >= 11 is 0. The molecule has 0 unspecified atom stereocenters. The Hall–Kier alpha value is -0.795. The van der Waals surface area contributed by atoms with Gasteiger partial charge in [0.15, 0.2) is 0 Å². The van der Waals surface area contributed by atoms with Crippen molar-refractivity contribution in [2.75, 3.05) is 0 Å². The van der Waals surface area contributed by atoms with Crippen molar-refractivity contribution >= 4 is 12.6 Å². The van der Waals surface area contributed by atoms with E-state index in [4.69, 9.17) is 10.0 Å². The van der Waals surface area contributed by atoms with Crippen molar-refractivity contribution in [3.63, 3.8) is 0 Å². The maximum Gasteiger partial charge on any atom is 0.488 e. The summed E-state index contributed by atoms with van der Waals surface area (Å²) in [5.74, 6) is 0. The summed E-state index contributed by atoms with van der Waals surface area (Å²) in [7, 11) is -1.35. The van der Waals surface area contributed by atoms with E-state index >= 15 is 0 Å². The van der Waals surface area contributed by atoms with Gasteiger partial charge >= 0.3 is 7.12 Å². The number of aryl methyl sites for hydroxylation is 2. The predicted octanol–water partition coefficient (Wildman–Crippen LogP) is 0.627. The molecule has 0 saturated carbocycles. The van der Waals surface area contributed by atoms with Crippen molar-refractivity contribution < 1.29 is 10.0 Å². The van der Waals surface area contributed by atoms with Crippen molar-refractivity contribution in [2.45, 2.75) is 26.7 Å². The van der Waals surface area contributed by atoms with Crippen LogP contribution < -0.4 is 5.46 Å². The molecule has 1 aromatic carbocycles. The molecule has 0 atom stereocenters. The molecule has 2 nitrogen and oxygen atoms in total. The van der Waals surface area contributed by atoms with Crippen LogP contribution in [0.5, 0.6) is 0 Å². The Morgan fingerprint density at radius 2 is 2.00 bits per heavy atom. The number of hydrogen-bond acceptors (Lipinski definition) is 2. The standard InChI is InChI=1S/C10H15BO2/c1-3-4-9-5-6-10(11(12)13)7-8(9)2/h5-7,12-13H,3-4H2,1-2H3. The Balaban J connectivity index is 2.92. The van der Waals surface area contributed by atoms with Crippen LogP contribution in [0, 0.1) is 6.92 Å². The highest BCUT2D eigenvalue weighted by Gasteiger charge is 2.11. The highest BCUT2D eigenvalue weighted by Crippen LogP contribution is 2.08. The second-order valence-electron chi connectivity index (χ2n) is 3.31. The predicted molar refractivity (Wildman–Crippen MR) is 55.0 cm³/mol. The van der Waals surface area contributed by atoms with Gasteiger partial charge in [0.1, 0.15) is 0 Å². The fraction of sp³-hybridized carbons (Fsp3) is 0.400. The fourth-order valence-electron chi connectivity index (χ4n) is 1.43. The Morgan fingerprint density at radius 3 is 2.46 bits per heavy atom. The van der Waals surface area contributed by atoms with Crippen molar-refractivity contribution in [2.24, 2.45) is 0 Å². The number of benzene rings is 1. The summed E-state index contributed by atoms with van der Waals surface area (Å²) < 4.78 is 0. The van der Waals surface area contributed by atoms with Gasteiger partial charge in [0.25, 0.3) is 0 Å². The van der Waals surface area contributed by atoms with Gasteiger partial charge in [-0.25, -0.2) is 0 Å². The largest absolute Gasteiger partial charge is 0.488 e. The SMILES string of the molecule is CCCc1ccc(B(O)O)cc1C. The molecule has 0 fully saturated rings. The van der Waals surface area contributed by atoms with Crippen LogP contribution in [0.15, 0.2) is 18.2 Å². The zero-order chi connectivity index (χ0) is 9.84. The van der Waals surface area contributed by atoms with Gasteiger partial charge in [0.05, 0.1) is 0 Å². The molecule has 70 valence electrons. The van der Waals surface area contributed by atoms with E-state index < -0.39 is 7.12 Å². The second-order valence-corrected chi connectivity index (χ2v) is 3.31. The smallest absolute Gasteiger partial charge is 0.423 e. The second kappa shape index (κ2) is 4.44.